The summed E-state index contributed by atoms with van der Waals surface area (Å²) < 4.78 is 24.3. The summed E-state index contributed by atoms with van der Waals surface area (Å²) in [5.74, 6) is -1.07. The van der Waals surface area contributed by atoms with Crippen molar-refractivity contribution in [2.45, 2.75) is 6.35 Å². The Kier molecular flexibility index (Phi) is 4.44. The van der Waals surface area contributed by atoms with Crippen molar-refractivity contribution in [3.05, 3.63) is 53.5 Å². The number of aliphatic hydroxyl groups excluding tert-OH is 1. The van der Waals surface area contributed by atoms with Crippen molar-refractivity contribution < 1.29 is 23.4 Å². The van der Waals surface area contributed by atoms with Gasteiger partial charge in [-0.05, 0) is 37.4 Å². The number of nitrogens with zero attached hydrogens (tertiary/aromatic N) is 2. The van der Waals surface area contributed by atoms with E-state index in [0.717, 1.165) is 18.3 Å². The Morgan fingerprint density at radius 2 is 2.07 bits per heavy atom. The van der Waals surface area contributed by atoms with Gasteiger partial charge in [-0.25, -0.2) is 4.39 Å². The van der Waals surface area contributed by atoms with E-state index in [2.05, 4.69) is 0 Å². The number of nitrogens with two attached hydrogens (primary N) is 1. The molecule has 0 radical (unpaired) electrons. The maximum Gasteiger partial charge on any atom is 0.230 e. The van der Waals surface area contributed by atoms with Crippen LogP contribution in [0.25, 0.3) is 11.0 Å². The van der Waals surface area contributed by atoms with Crippen molar-refractivity contribution in [3.63, 3.8) is 0 Å². The molecule has 4 rings (SSSR count). The Labute approximate surface area is 160 Å². The minimum atomic E-state index is -0.724. The summed E-state index contributed by atoms with van der Waals surface area (Å²) in [7, 11) is 3.16. The van der Waals surface area contributed by atoms with Gasteiger partial charge in [0.2, 0.25) is 5.78 Å². The summed E-state index contributed by atoms with van der Waals surface area (Å²) in [6.45, 7) is 1.40. The maximum absolute atomic E-state index is 13.6. The third-order valence-corrected chi connectivity index (χ3v) is 5.03. The number of aliphatic hydroxyl groups is 1. The molecule has 2 aromatic carbocycles. The van der Waals surface area contributed by atoms with Crippen molar-refractivity contribution in [2.24, 2.45) is 0 Å². The van der Waals surface area contributed by atoms with E-state index in [-0.39, 0.29) is 22.8 Å². The van der Waals surface area contributed by atoms with Crippen molar-refractivity contribution in [1.29, 1.82) is 0 Å². The molecule has 0 spiro atoms. The van der Waals surface area contributed by atoms with Gasteiger partial charge in [0, 0.05) is 35.8 Å². The number of likely N-dealkylation sites (N-methyl/N-ethyl adjacent to an activating group) is 1. The van der Waals surface area contributed by atoms with Crippen LogP contribution in [0.15, 0.2) is 40.8 Å². The van der Waals surface area contributed by atoms with E-state index in [4.69, 9.17) is 14.9 Å². The van der Waals surface area contributed by atoms with Gasteiger partial charge in [-0.3, -0.25) is 9.69 Å². The zero-order valence-electron chi connectivity index (χ0n) is 15.5. The number of halogens is 1. The lowest BCUT2D eigenvalue weighted by Crippen LogP contribution is -2.36. The highest BCUT2D eigenvalue weighted by Gasteiger charge is 2.28. The molecule has 1 aliphatic rings. The molecule has 2 heterocycles. The SMILES string of the molecule is COc1cc(C(=O)c2oc3cc(N4CCN(C)C4O)ccc3c2N)ccc1F. The molecule has 3 N–H and O–H groups in total. The zero-order chi connectivity index (χ0) is 20.0. The second-order valence-corrected chi connectivity index (χ2v) is 6.72. The van der Waals surface area contributed by atoms with Crippen molar-refractivity contribution in [1.82, 2.24) is 4.90 Å². The average molecular weight is 385 g/mol. The molecule has 146 valence electrons. The lowest BCUT2D eigenvalue weighted by molar-refractivity contribution is 0.0590. The molecule has 0 bridgehead atoms. The number of hydrogen-bond acceptors (Lipinski definition) is 7. The first-order valence-corrected chi connectivity index (χ1v) is 8.76. The normalized spacial score (nSPS) is 17.4. The molecule has 0 aliphatic carbocycles. The predicted molar refractivity (Wildman–Crippen MR) is 103 cm³/mol. The Bertz CT molecular complexity index is 1070. The van der Waals surface area contributed by atoms with Gasteiger partial charge in [0.25, 0.3) is 0 Å². The van der Waals surface area contributed by atoms with E-state index in [1.807, 2.05) is 22.9 Å². The third-order valence-electron chi connectivity index (χ3n) is 5.03. The minimum Gasteiger partial charge on any atom is -0.494 e. The lowest BCUT2D eigenvalue weighted by atomic mass is 10.1. The molecule has 1 fully saturated rings. The van der Waals surface area contributed by atoms with E-state index >= 15 is 0 Å². The first kappa shape index (κ1) is 18.3. The number of ether oxygens (including phenoxy) is 1. The first-order chi connectivity index (χ1) is 13.4. The second kappa shape index (κ2) is 6.81. The van der Waals surface area contributed by atoms with E-state index in [9.17, 15) is 14.3 Å². The summed E-state index contributed by atoms with van der Waals surface area (Å²) in [5, 5.41) is 10.9. The number of nitrogen functional groups attached to an aromatic ring is 1. The van der Waals surface area contributed by atoms with Gasteiger partial charge in [-0.15, -0.1) is 0 Å². The first-order valence-electron chi connectivity index (χ1n) is 8.76. The monoisotopic (exact) mass is 385 g/mol. The number of furan rings is 1. The van der Waals surface area contributed by atoms with Crippen LogP contribution in [0.4, 0.5) is 15.8 Å². The molecule has 1 aliphatic heterocycles. The molecule has 0 saturated carbocycles. The van der Waals surface area contributed by atoms with Gasteiger partial charge in [0.1, 0.15) is 5.58 Å². The number of benzene rings is 2. The van der Waals surface area contributed by atoms with Gasteiger partial charge in [0.15, 0.2) is 23.7 Å². The predicted octanol–water partition coefficient (Wildman–Crippen LogP) is 2.42. The molecule has 1 unspecified atom stereocenters. The largest absolute Gasteiger partial charge is 0.494 e. The number of hydrogen-bond donors (Lipinski definition) is 2. The van der Waals surface area contributed by atoms with Gasteiger partial charge in [-0.2, -0.15) is 0 Å². The quantitative estimate of drug-likeness (QED) is 0.667. The smallest absolute Gasteiger partial charge is 0.230 e. The molecule has 7 nitrogen and oxygen atoms in total. The van der Waals surface area contributed by atoms with Crippen LogP contribution in [0, 0.1) is 5.82 Å². The number of carbonyl (C=O) groups is 1. The van der Waals surface area contributed by atoms with Crippen molar-refractivity contribution >= 4 is 28.1 Å². The van der Waals surface area contributed by atoms with Crippen LogP contribution in [0.2, 0.25) is 0 Å². The zero-order valence-corrected chi connectivity index (χ0v) is 15.5. The molecule has 8 heteroatoms. The molecule has 1 saturated heterocycles. The molecule has 1 aromatic heterocycles. The highest BCUT2D eigenvalue weighted by molar-refractivity contribution is 6.14. The van der Waals surface area contributed by atoms with Crippen LogP contribution in [0.1, 0.15) is 16.1 Å². The van der Waals surface area contributed by atoms with Gasteiger partial charge >= 0.3 is 0 Å². The van der Waals surface area contributed by atoms with E-state index in [1.165, 1.54) is 19.2 Å². The van der Waals surface area contributed by atoms with E-state index in [0.29, 0.717) is 17.5 Å². The summed E-state index contributed by atoms with van der Waals surface area (Å²) in [6.07, 6.45) is -0.724. The van der Waals surface area contributed by atoms with Gasteiger partial charge in [-0.1, -0.05) is 0 Å². The molecular weight excluding hydrogens is 365 g/mol. The van der Waals surface area contributed by atoms with Crippen LogP contribution >= 0.6 is 0 Å². The summed E-state index contributed by atoms with van der Waals surface area (Å²) in [4.78, 5) is 16.5. The highest BCUT2D eigenvalue weighted by Crippen LogP contribution is 2.34. The number of anilines is 2. The van der Waals surface area contributed by atoms with Crippen molar-refractivity contribution in [3.8, 4) is 5.75 Å². The number of fused-ring (bicyclic) bond motifs is 1. The van der Waals surface area contributed by atoms with Gasteiger partial charge in [0.05, 0.1) is 12.8 Å². The molecular formula is C20H20FN3O4. The Morgan fingerprint density at radius 1 is 1.29 bits per heavy atom. The fraction of sp³-hybridized carbons (Fsp3) is 0.250. The molecule has 0 amide bonds. The minimum absolute atomic E-state index is 0.0140. The summed E-state index contributed by atoms with van der Waals surface area (Å²) >= 11 is 0. The van der Waals surface area contributed by atoms with E-state index < -0.39 is 18.0 Å². The fourth-order valence-electron chi connectivity index (χ4n) is 3.38. The van der Waals surface area contributed by atoms with Gasteiger partial charge < -0.3 is 24.9 Å². The van der Waals surface area contributed by atoms with Crippen LogP contribution < -0.4 is 15.4 Å². The standard InChI is InChI=1S/C20H20FN3O4/c1-23-7-8-24(20(23)26)12-4-5-13-15(10-12)28-19(17(13)22)18(25)11-3-6-14(21)16(9-11)27-2/h3-6,9-10,20,26H,7-8,22H2,1-2H3. The molecule has 3 aromatic rings. The number of carbonyl (C=O) groups excluding carboxylic acids is 1. The maximum atomic E-state index is 13.6. The van der Waals surface area contributed by atoms with Crippen LogP contribution in [-0.2, 0) is 0 Å². The highest BCUT2D eigenvalue weighted by atomic mass is 19.1. The summed E-state index contributed by atoms with van der Waals surface area (Å²) in [5.41, 5.74) is 7.77. The van der Waals surface area contributed by atoms with E-state index in [1.54, 1.807) is 12.1 Å². The molecule has 1 atom stereocenters. The number of methoxy groups -OCH3 is 1. The van der Waals surface area contributed by atoms with Crippen LogP contribution in [0.3, 0.4) is 0 Å². The number of ketones is 1. The number of rotatable bonds is 4. The second-order valence-electron chi connectivity index (χ2n) is 6.72. The summed E-state index contributed by atoms with van der Waals surface area (Å²) in [6, 6.07) is 9.16. The van der Waals surface area contributed by atoms with Crippen molar-refractivity contribution in [2.75, 3.05) is 37.9 Å². The fourth-order valence-corrected chi connectivity index (χ4v) is 3.38. The Balaban J connectivity index is 1.72. The third kappa shape index (κ3) is 2.87. The average Bonchev–Trinajstić information content (AvgIpc) is 3.21. The Hall–Kier alpha value is -3.10. The Morgan fingerprint density at radius 3 is 2.75 bits per heavy atom. The lowest BCUT2D eigenvalue weighted by Gasteiger charge is -2.24. The van der Waals surface area contributed by atoms with Crippen LogP contribution in [-0.4, -0.2) is 49.4 Å². The van der Waals surface area contributed by atoms with Crippen LogP contribution in [0.5, 0.6) is 5.75 Å². The molecule has 28 heavy (non-hydrogen) atoms. The topological polar surface area (TPSA) is 92.2 Å².